The Hall–Kier alpha value is -1.85. The molecule has 0 saturated heterocycles. The molecule has 3 N–H and O–H groups in total. The van der Waals surface area contributed by atoms with Crippen LogP contribution in [-0.4, -0.2) is 45.2 Å². The Morgan fingerprint density at radius 1 is 1.18 bits per heavy atom. The van der Waals surface area contributed by atoms with Crippen LogP contribution in [0.2, 0.25) is 10.0 Å². The van der Waals surface area contributed by atoms with Crippen LogP contribution in [0.4, 0.5) is 5.82 Å². The monoisotopic (exact) mass is 534 g/mol. The zero-order valence-electron chi connectivity index (χ0n) is 15.2. The average Bonchev–Trinajstić information content (AvgIpc) is 3.08. The van der Waals surface area contributed by atoms with Crippen molar-refractivity contribution in [3.63, 3.8) is 0 Å². The summed E-state index contributed by atoms with van der Waals surface area (Å²) in [7, 11) is 0. The van der Waals surface area contributed by atoms with E-state index >= 15 is 0 Å². The van der Waals surface area contributed by atoms with Crippen LogP contribution in [0.5, 0.6) is 0 Å². The molecule has 0 amide bonds. The Morgan fingerprint density at radius 3 is 2.82 bits per heavy atom. The Bertz CT molecular complexity index is 930. The second kappa shape index (κ2) is 11.2. The first kappa shape index (κ1) is 22.4. The molecule has 3 heterocycles. The molecule has 0 spiro atoms. The van der Waals surface area contributed by atoms with Gasteiger partial charge in [-0.25, -0.2) is 9.98 Å². The summed E-state index contributed by atoms with van der Waals surface area (Å²) in [6, 6.07) is 7.43. The second-order valence-corrected chi connectivity index (χ2v) is 6.42. The minimum atomic E-state index is 0. The van der Waals surface area contributed by atoms with Crippen LogP contribution in [0, 0.1) is 0 Å². The molecular weight excluding hydrogens is 514 g/mol. The molecule has 11 heteroatoms. The lowest BCUT2D eigenvalue weighted by atomic mass is 10.4. The fourth-order valence-corrected chi connectivity index (χ4v) is 2.84. The Labute approximate surface area is 190 Å². The van der Waals surface area contributed by atoms with Crippen molar-refractivity contribution in [2.45, 2.75) is 13.5 Å². The molecule has 0 aliphatic carbocycles. The van der Waals surface area contributed by atoms with Crippen molar-refractivity contribution in [2.75, 3.05) is 25.0 Å². The number of aliphatic imine (C=N–C) groups is 1. The number of hydrogen-bond acceptors (Lipinski definition) is 5. The molecule has 28 heavy (non-hydrogen) atoms. The van der Waals surface area contributed by atoms with E-state index in [9.17, 15) is 0 Å². The van der Waals surface area contributed by atoms with E-state index in [0.717, 1.165) is 18.0 Å². The van der Waals surface area contributed by atoms with Gasteiger partial charge in [0.15, 0.2) is 17.4 Å². The van der Waals surface area contributed by atoms with Crippen LogP contribution >= 0.6 is 47.2 Å². The number of rotatable bonds is 7. The van der Waals surface area contributed by atoms with Crippen molar-refractivity contribution in [1.29, 1.82) is 0 Å². The van der Waals surface area contributed by atoms with Crippen molar-refractivity contribution in [3.05, 3.63) is 52.5 Å². The Balaban J connectivity index is 0.00000280. The van der Waals surface area contributed by atoms with E-state index in [1.165, 1.54) is 0 Å². The molecule has 3 aromatic rings. The summed E-state index contributed by atoms with van der Waals surface area (Å²) in [4.78, 5) is 8.73. The van der Waals surface area contributed by atoms with Gasteiger partial charge in [-0.15, -0.1) is 34.2 Å². The smallest absolute Gasteiger partial charge is 0.191 e. The van der Waals surface area contributed by atoms with E-state index in [-0.39, 0.29) is 24.0 Å². The third-order valence-corrected chi connectivity index (χ3v) is 4.12. The highest BCUT2D eigenvalue weighted by molar-refractivity contribution is 14.0. The molecule has 8 nitrogen and oxygen atoms in total. The first-order chi connectivity index (χ1) is 13.2. The molecule has 0 radical (unpaired) electrons. The van der Waals surface area contributed by atoms with Gasteiger partial charge in [0.05, 0.1) is 10.0 Å². The van der Waals surface area contributed by atoms with Gasteiger partial charge in [0.1, 0.15) is 12.4 Å². The number of anilines is 1. The van der Waals surface area contributed by atoms with Crippen molar-refractivity contribution < 1.29 is 0 Å². The van der Waals surface area contributed by atoms with E-state index < -0.39 is 0 Å². The lowest BCUT2D eigenvalue weighted by Crippen LogP contribution is -2.39. The molecule has 0 aliphatic rings. The van der Waals surface area contributed by atoms with Crippen molar-refractivity contribution >= 4 is 64.6 Å². The minimum absolute atomic E-state index is 0. The SMILES string of the molecule is CCNC(=NCc1nnc2ccccn12)NCCNc1ncc(Cl)cc1Cl.I. The summed E-state index contributed by atoms with van der Waals surface area (Å²) < 4.78 is 1.92. The van der Waals surface area contributed by atoms with Crippen LogP contribution in [0.25, 0.3) is 5.65 Å². The molecule has 0 bridgehead atoms. The molecule has 0 saturated carbocycles. The molecule has 0 unspecified atom stereocenters. The Kier molecular flexibility index (Phi) is 9.00. The molecule has 0 atom stereocenters. The highest BCUT2D eigenvalue weighted by Crippen LogP contribution is 2.21. The minimum Gasteiger partial charge on any atom is -0.367 e. The topological polar surface area (TPSA) is 91.5 Å². The average molecular weight is 535 g/mol. The number of halogens is 3. The molecule has 3 rings (SSSR count). The third kappa shape index (κ3) is 6.08. The van der Waals surface area contributed by atoms with Crippen LogP contribution < -0.4 is 16.0 Å². The summed E-state index contributed by atoms with van der Waals surface area (Å²) >= 11 is 11.9. The van der Waals surface area contributed by atoms with Gasteiger partial charge in [0, 0.05) is 32.0 Å². The third-order valence-electron chi connectivity index (χ3n) is 3.62. The predicted octanol–water partition coefficient (Wildman–Crippen LogP) is 3.22. The standard InChI is InChI=1S/C17H20Cl2N8.HI/c1-2-20-17(22-7-6-21-16-13(19)9-12(18)10-23-16)24-11-15-26-25-14-5-3-4-8-27(14)15;/h3-5,8-10H,2,6-7,11H2,1H3,(H,21,23)(H2,20,22,24);1H. The van der Waals surface area contributed by atoms with Gasteiger partial charge in [0.25, 0.3) is 0 Å². The number of fused-ring (bicyclic) bond motifs is 1. The number of guanidine groups is 1. The van der Waals surface area contributed by atoms with Gasteiger partial charge >= 0.3 is 0 Å². The molecule has 0 aliphatic heterocycles. The lowest BCUT2D eigenvalue weighted by molar-refractivity contribution is 0.802. The number of nitrogens with one attached hydrogen (secondary N) is 3. The largest absolute Gasteiger partial charge is 0.367 e. The van der Waals surface area contributed by atoms with Gasteiger partial charge in [-0.05, 0) is 25.1 Å². The van der Waals surface area contributed by atoms with Crippen molar-refractivity contribution in [1.82, 2.24) is 30.2 Å². The molecule has 150 valence electrons. The fraction of sp³-hybridized carbons (Fsp3) is 0.294. The summed E-state index contributed by atoms with van der Waals surface area (Å²) in [6.07, 6.45) is 3.48. The predicted molar refractivity (Wildman–Crippen MR) is 124 cm³/mol. The van der Waals surface area contributed by atoms with Gasteiger partial charge < -0.3 is 16.0 Å². The summed E-state index contributed by atoms with van der Waals surface area (Å²) in [5.74, 6) is 2.07. The van der Waals surface area contributed by atoms with Crippen molar-refractivity contribution in [2.24, 2.45) is 4.99 Å². The lowest BCUT2D eigenvalue weighted by Gasteiger charge is -2.12. The van der Waals surface area contributed by atoms with Crippen LogP contribution in [0.15, 0.2) is 41.7 Å². The van der Waals surface area contributed by atoms with E-state index in [0.29, 0.717) is 41.5 Å². The second-order valence-electron chi connectivity index (χ2n) is 5.58. The van der Waals surface area contributed by atoms with Crippen molar-refractivity contribution in [3.8, 4) is 0 Å². The number of nitrogens with zero attached hydrogens (tertiary/aromatic N) is 5. The zero-order valence-corrected chi connectivity index (χ0v) is 19.0. The Morgan fingerprint density at radius 2 is 2.04 bits per heavy atom. The maximum absolute atomic E-state index is 6.09. The maximum Gasteiger partial charge on any atom is 0.191 e. The van der Waals surface area contributed by atoms with E-state index in [2.05, 4.69) is 36.1 Å². The van der Waals surface area contributed by atoms with E-state index in [1.54, 1.807) is 12.3 Å². The van der Waals surface area contributed by atoms with E-state index in [1.807, 2.05) is 35.7 Å². The highest BCUT2D eigenvalue weighted by atomic mass is 127. The number of pyridine rings is 2. The maximum atomic E-state index is 6.09. The van der Waals surface area contributed by atoms with Gasteiger partial charge in [-0.2, -0.15) is 0 Å². The fourth-order valence-electron chi connectivity index (χ4n) is 2.40. The zero-order chi connectivity index (χ0) is 19.1. The first-order valence-corrected chi connectivity index (χ1v) is 9.28. The molecule has 0 fully saturated rings. The van der Waals surface area contributed by atoms with Crippen LogP contribution in [0.3, 0.4) is 0 Å². The molecular formula is C17H21Cl2IN8. The van der Waals surface area contributed by atoms with Gasteiger partial charge in [0.2, 0.25) is 0 Å². The highest BCUT2D eigenvalue weighted by Gasteiger charge is 2.05. The van der Waals surface area contributed by atoms with Crippen LogP contribution in [0.1, 0.15) is 12.7 Å². The quantitative estimate of drug-likeness (QED) is 0.186. The number of hydrogen-bond donors (Lipinski definition) is 3. The normalized spacial score (nSPS) is 11.2. The summed E-state index contributed by atoms with van der Waals surface area (Å²) in [6.45, 7) is 4.43. The van der Waals surface area contributed by atoms with Crippen LogP contribution in [-0.2, 0) is 6.54 Å². The van der Waals surface area contributed by atoms with E-state index in [4.69, 9.17) is 23.2 Å². The van der Waals surface area contributed by atoms with Gasteiger partial charge in [-0.3, -0.25) is 4.40 Å². The van der Waals surface area contributed by atoms with Gasteiger partial charge in [-0.1, -0.05) is 29.3 Å². The molecule has 3 aromatic heterocycles. The molecule has 0 aromatic carbocycles. The first-order valence-electron chi connectivity index (χ1n) is 8.53. The summed E-state index contributed by atoms with van der Waals surface area (Å²) in [5.41, 5.74) is 0.803. The number of aromatic nitrogens is 4. The summed E-state index contributed by atoms with van der Waals surface area (Å²) in [5, 5.41) is 18.9.